The first-order valence-corrected chi connectivity index (χ1v) is 14.5. The van der Waals surface area contributed by atoms with Crippen LogP contribution >= 0.6 is 0 Å². The third kappa shape index (κ3) is 5.00. The number of ether oxygens (including phenoxy) is 6. The first-order valence-electron chi connectivity index (χ1n) is 14.5. The van der Waals surface area contributed by atoms with Gasteiger partial charge in [0.2, 0.25) is 0 Å². The Bertz CT molecular complexity index is 1190. The summed E-state index contributed by atoms with van der Waals surface area (Å²) in [5.41, 5.74) is -5.73. The minimum absolute atomic E-state index is 0.0792. The van der Waals surface area contributed by atoms with Gasteiger partial charge in [0.1, 0.15) is 30.0 Å². The molecule has 0 aromatic carbocycles. The SMILES string of the molecule is CCCC(=O)OC1CC(OC(C)=O)C2(C)C(OC(C)=O)CCC(C)=CC3OC(=O)C4(C)OC34C(OC(C)=O)C2C1(C)O. The van der Waals surface area contributed by atoms with Crippen LogP contribution in [0.2, 0.25) is 0 Å². The fourth-order valence-corrected chi connectivity index (χ4v) is 7.51. The van der Waals surface area contributed by atoms with Crippen LogP contribution in [0, 0.1) is 11.3 Å². The van der Waals surface area contributed by atoms with Gasteiger partial charge in [-0.1, -0.05) is 19.4 Å². The number of aliphatic hydroxyl groups is 1. The van der Waals surface area contributed by atoms with E-state index in [9.17, 15) is 29.1 Å². The Morgan fingerprint density at radius 3 is 2.10 bits per heavy atom. The summed E-state index contributed by atoms with van der Waals surface area (Å²) >= 11 is 0. The second-order valence-electron chi connectivity index (χ2n) is 12.6. The summed E-state index contributed by atoms with van der Waals surface area (Å²) < 4.78 is 35.5. The lowest BCUT2D eigenvalue weighted by Crippen LogP contribution is -2.72. The highest BCUT2D eigenvalue weighted by Gasteiger charge is 2.88. The molecule has 0 aromatic heterocycles. The predicted molar refractivity (Wildman–Crippen MR) is 143 cm³/mol. The van der Waals surface area contributed by atoms with Gasteiger partial charge in [-0.25, -0.2) is 4.79 Å². The van der Waals surface area contributed by atoms with E-state index in [4.69, 9.17) is 28.4 Å². The van der Waals surface area contributed by atoms with Crippen molar-refractivity contribution in [1.82, 2.24) is 0 Å². The van der Waals surface area contributed by atoms with Gasteiger partial charge in [0.25, 0.3) is 0 Å². The number of esters is 5. The molecule has 0 bridgehead atoms. The van der Waals surface area contributed by atoms with Crippen molar-refractivity contribution in [2.45, 2.75) is 135 Å². The predicted octanol–water partition coefficient (Wildman–Crippen LogP) is 2.46. The maximum absolute atomic E-state index is 13.1. The smallest absolute Gasteiger partial charge is 0.342 e. The molecule has 4 aliphatic rings. The second kappa shape index (κ2) is 10.9. The maximum atomic E-state index is 13.1. The molecule has 1 spiro atoms. The molecule has 4 rings (SSSR count). The van der Waals surface area contributed by atoms with Gasteiger partial charge in [-0.05, 0) is 46.1 Å². The molecule has 0 aromatic rings. The molecule has 0 radical (unpaired) electrons. The van der Waals surface area contributed by atoms with E-state index in [2.05, 4.69) is 0 Å². The van der Waals surface area contributed by atoms with E-state index in [1.54, 1.807) is 19.9 Å². The van der Waals surface area contributed by atoms with Crippen molar-refractivity contribution in [3.63, 3.8) is 0 Å². The van der Waals surface area contributed by atoms with E-state index in [-0.39, 0.29) is 19.3 Å². The van der Waals surface area contributed by atoms with Gasteiger partial charge in [0.05, 0.1) is 5.41 Å². The topological polar surface area (TPSA) is 164 Å². The zero-order valence-corrected chi connectivity index (χ0v) is 25.5. The fraction of sp³-hybridized carbons (Fsp3) is 0.767. The van der Waals surface area contributed by atoms with Crippen molar-refractivity contribution >= 4 is 29.8 Å². The highest BCUT2D eigenvalue weighted by Crippen LogP contribution is 2.66. The minimum atomic E-state index is -1.97. The number of fused-ring (bicyclic) bond motifs is 1. The molecule has 2 aliphatic heterocycles. The zero-order valence-electron chi connectivity index (χ0n) is 25.5. The lowest BCUT2D eigenvalue weighted by atomic mass is 9.51. The molecule has 10 unspecified atom stereocenters. The van der Waals surface area contributed by atoms with Crippen molar-refractivity contribution < 1.29 is 57.5 Å². The van der Waals surface area contributed by atoms with Crippen LogP contribution in [-0.4, -0.2) is 82.3 Å². The lowest BCUT2D eigenvalue weighted by Gasteiger charge is -2.59. The molecule has 12 heteroatoms. The Morgan fingerprint density at radius 2 is 1.55 bits per heavy atom. The Balaban J connectivity index is 2.03. The molecule has 12 nitrogen and oxygen atoms in total. The summed E-state index contributed by atoms with van der Waals surface area (Å²) in [5.74, 6) is -4.50. The average Bonchev–Trinajstić information content (AvgIpc) is 3.44. The van der Waals surface area contributed by atoms with Crippen molar-refractivity contribution in [3.05, 3.63) is 11.6 Å². The van der Waals surface area contributed by atoms with Crippen molar-refractivity contribution in [3.8, 4) is 0 Å². The van der Waals surface area contributed by atoms with Crippen molar-refractivity contribution in [1.29, 1.82) is 0 Å². The maximum Gasteiger partial charge on any atom is 0.342 e. The van der Waals surface area contributed by atoms with Crippen LogP contribution in [0.5, 0.6) is 0 Å². The van der Waals surface area contributed by atoms with Gasteiger partial charge < -0.3 is 33.5 Å². The van der Waals surface area contributed by atoms with E-state index in [1.165, 1.54) is 34.6 Å². The molecule has 234 valence electrons. The van der Waals surface area contributed by atoms with Gasteiger partial charge in [-0.15, -0.1) is 0 Å². The van der Waals surface area contributed by atoms with Crippen LogP contribution in [-0.2, 0) is 52.4 Å². The summed E-state index contributed by atoms with van der Waals surface area (Å²) in [6.45, 7) is 12.0. The highest BCUT2D eigenvalue weighted by molar-refractivity contribution is 5.89. The van der Waals surface area contributed by atoms with E-state index in [1.807, 2.05) is 6.92 Å². The van der Waals surface area contributed by atoms with Crippen molar-refractivity contribution in [2.75, 3.05) is 0 Å². The standard InChI is InChI=1S/C30H42O12/c1-9-10-23(34)40-21-14-20(38-17(4)32)27(6)19(37-16(3)31)12-11-15(2)13-22-30(29(8,42-30)26(35)41-22)25(39-18(5)33)24(27)28(21,7)36/h13,19-22,24-25,36H,9-12,14H2,1-8H3. The van der Waals surface area contributed by atoms with Crippen LogP contribution in [0.4, 0.5) is 0 Å². The molecule has 0 amide bonds. The van der Waals surface area contributed by atoms with Gasteiger partial charge in [0.15, 0.2) is 17.3 Å². The number of carbonyl (C=O) groups excluding carboxylic acids is 5. The summed E-state index contributed by atoms with van der Waals surface area (Å²) in [6, 6.07) is 0. The monoisotopic (exact) mass is 594 g/mol. The third-order valence-electron chi connectivity index (χ3n) is 9.49. The van der Waals surface area contributed by atoms with Crippen molar-refractivity contribution in [2.24, 2.45) is 11.3 Å². The number of allylic oxidation sites excluding steroid dienone is 1. The minimum Gasteiger partial charge on any atom is -0.462 e. The van der Waals surface area contributed by atoms with Crippen LogP contribution in [0.3, 0.4) is 0 Å². The lowest BCUT2D eigenvalue weighted by molar-refractivity contribution is -0.277. The Labute approximate surface area is 245 Å². The highest BCUT2D eigenvalue weighted by atomic mass is 16.7. The molecular formula is C30H42O12. The van der Waals surface area contributed by atoms with Gasteiger partial charge >= 0.3 is 29.8 Å². The van der Waals surface area contributed by atoms with E-state index in [0.717, 1.165) is 5.57 Å². The van der Waals surface area contributed by atoms with Gasteiger partial charge in [0, 0.05) is 39.5 Å². The van der Waals surface area contributed by atoms with Gasteiger partial charge in [-0.3, -0.25) is 19.2 Å². The molecule has 10 atom stereocenters. The zero-order chi connectivity index (χ0) is 31.4. The summed E-state index contributed by atoms with van der Waals surface area (Å²) in [7, 11) is 0. The number of hydrogen-bond donors (Lipinski definition) is 1. The number of epoxide rings is 1. The summed E-state index contributed by atoms with van der Waals surface area (Å²) in [4.78, 5) is 63.7. The molecule has 2 aliphatic carbocycles. The second-order valence-corrected chi connectivity index (χ2v) is 12.6. The fourth-order valence-electron chi connectivity index (χ4n) is 7.51. The van der Waals surface area contributed by atoms with Crippen LogP contribution in [0.15, 0.2) is 11.6 Å². The molecule has 2 saturated heterocycles. The quantitative estimate of drug-likeness (QED) is 0.207. The molecule has 3 fully saturated rings. The van der Waals surface area contributed by atoms with Crippen LogP contribution in [0.25, 0.3) is 0 Å². The van der Waals surface area contributed by atoms with Crippen LogP contribution in [0.1, 0.15) is 87.5 Å². The molecular weight excluding hydrogens is 552 g/mol. The first kappa shape index (κ1) is 31.9. The van der Waals surface area contributed by atoms with Crippen LogP contribution < -0.4 is 0 Å². The number of carbonyl (C=O) groups is 5. The Kier molecular flexibility index (Phi) is 8.31. The van der Waals surface area contributed by atoms with Gasteiger partial charge in [-0.2, -0.15) is 0 Å². The summed E-state index contributed by atoms with van der Waals surface area (Å²) in [6.07, 6.45) is -2.87. The number of hydrogen-bond acceptors (Lipinski definition) is 12. The molecule has 42 heavy (non-hydrogen) atoms. The normalized spacial score (nSPS) is 42.4. The summed E-state index contributed by atoms with van der Waals surface area (Å²) in [5, 5.41) is 12.5. The molecule has 1 N–H and O–H groups in total. The van der Waals surface area contributed by atoms with E-state index >= 15 is 0 Å². The van der Waals surface area contributed by atoms with E-state index in [0.29, 0.717) is 12.8 Å². The molecule has 2 heterocycles. The third-order valence-corrected chi connectivity index (χ3v) is 9.49. The molecule has 1 saturated carbocycles. The van der Waals surface area contributed by atoms with E-state index < -0.39 is 88.5 Å². The average molecular weight is 595 g/mol. The Hall–Kier alpha value is -2.99. The largest absolute Gasteiger partial charge is 0.462 e. The number of rotatable bonds is 6. The first-order chi connectivity index (χ1) is 19.4. The Morgan fingerprint density at radius 1 is 0.952 bits per heavy atom.